The van der Waals surface area contributed by atoms with Gasteiger partial charge in [-0.15, -0.1) is 0 Å². The van der Waals surface area contributed by atoms with Crippen molar-refractivity contribution < 1.29 is 19.1 Å². The molecular formula is C15H17NO4. The van der Waals surface area contributed by atoms with Gasteiger partial charge in [-0.1, -0.05) is 30.3 Å². The lowest BCUT2D eigenvalue weighted by atomic mass is 10.0. The van der Waals surface area contributed by atoms with Crippen molar-refractivity contribution in [1.82, 2.24) is 4.90 Å². The maximum Gasteiger partial charge on any atom is 0.410 e. The van der Waals surface area contributed by atoms with Crippen LogP contribution in [0.5, 0.6) is 0 Å². The first kappa shape index (κ1) is 13.0. The van der Waals surface area contributed by atoms with Crippen LogP contribution in [0.3, 0.4) is 0 Å². The highest BCUT2D eigenvalue weighted by molar-refractivity contribution is 5.93. The summed E-state index contributed by atoms with van der Waals surface area (Å²) in [6.45, 7) is 2.48. The molecule has 106 valence electrons. The van der Waals surface area contributed by atoms with E-state index < -0.39 is 11.6 Å². The van der Waals surface area contributed by atoms with Crippen molar-refractivity contribution in [3.05, 3.63) is 35.9 Å². The monoisotopic (exact) mass is 275 g/mol. The number of nitrogens with zero attached hydrogens (tertiary/aromatic N) is 1. The molecule has 2 aliphatic rings. The number of ether oxygens (including phenoxy) is 2. The highest BCUT2D eigenvalue weighted by Crippen LogP contribution is 2.44. The fourth-order valence-electron chi connectivity index (χ4n) is 2.77. The number of rotatable bonds is 3. The Kier molecular flexibility index (Phi) is 3.12. The van der Waals surface area contributed by atoms with Crippen LogP contribution in [0, 0.1) is 0 Å². The number of carbonyl (C=O) groups is 2. The van der Waals surface area contributed by atoms with Gasteiger partial charge in [0.1, 0.15) is 6.10 Å². The van der Waals surface area contributed by atoms with E-state index in [1.165, 1.54) is 4.90 Å². The van der Waals surface area contributed by atoms with E-state index in [1.807, 2.05) is 30.3 Å². The van der Waals surface area contributed by atoms with E-state index in [1.54, 1.807) is 6.92 Å². The lowest BCUT2D eigenvalue weighted by Crippen LogP contribution is -2.28. The Balaban J connectivity index is 1.64. The van der Waals surface area contributed by atoms with Crippen LogP contribution in [0.15, 0.2) is 30.3 Å². The van der Waals surface area contributed by atoms with Gasteiger partial charge in [0.2, 0.25) is 0 Å². The van der Waals surface area contributed by atoms with Crippen LogP contribution in [0.1, 0.15) is 18.9 Å². The van der Waals surface area contributed by atoms with Crippen LogP contribution in [0.25, 0.3) is 0 Å². The maximum atomic E-state index is 12.0. The van der Waals surface area contributed by atoms with Gasteiger partial charge in [0, 0.05) is 12.8 Å². The van der Waals surface area contributed by atoms with Gasteiger partial charge in [0.15, 0.2) is 5.54 Å². The van der Waals surface area contributed by atoms with Crippen molar-refractivity contribution in [2.75, 3.05) is 13.2 Å². The molecule has 1 amide bonds. The molecular weight excluding hydrogens is 258 g/mol. The molecule has 2 aliphatic heterocycles. The normalized spacial score (nSPS) is 27.6. The molecule has 0 bridgehead atoms. The lowest BCUT2D eigenvalue weighted by Gasteiger charge is -2.08. The molecule has 0 radical (unpaired) electrons. The number of hydrogen-bond donors (Lipinski definition) is 0. The zero-order valence-electron chi connectivity index (χ0n) is 11.4. The van der Waals surface area contributed by atoms with Gasteiger partial charge in [-0.2, -0.15) is 0 Å². The molecule has 3 rings (SSSR count). The van der Waals surface area contributed by atoms with Crippen molar-refractivity contribution in [2.24, 2.45) is 0 Å². The van der Waals surface area contributed by atoms with Crippen LogP contribution in [0.2, 0.25) is 0 Å². The summed E-state index contributed by atoms with van der Waals surface area (Å²) in [6, 6.07) is 9.90. The third-order valence-corrected chi connectivity index (χ3v) is 3.85. The van der Waals surface area contributed by atoms with E-state index in [9.17, 15) is 9.59 Å². The van der Waals surface area contributed by atoms with Gasteiger partial charge in [0.25, 0.3) is 0 Å². The molecule has 5 nitrogen and oxygen atoms in total. The van der Waals surface area contributed by atoms with E-state index in [0.717, 1.165) is 5.56 Å². The Morgan fingerprint density at radius 2 is 2.20 bits per heavy atom. The Morgan fingerprint density at radius 3 is 2.90 bits per heavy atom. The largest absolute Gasteiger partial charge is 0.460 e. The van der Waals surface area contributed by atoms with E-state index in [2.05, 4.69) is 0 Å². The molecule has 1 spiro atoms. The summed E-state index contributed by atoms with van der Waals surface area (Å²) in [6.07, 6.45) is 0.652. The second-order valence-corrected chi connectivity index (χ2v) is 5.24. The van der Waals surface area contributed by atoms with Gasteiger partial charge in [-0.25, -0.2) is 9.59 Å². The van der Waals surface area contributed by atoms with E-state index in [-0.39, 0.29) is 12.1 Å². The van der Waals surface area contributed by atoms with E-state index in [0.29, 0.717) is 26.0 Å². The molecule has 5 heteroatoms. The van der Waals surface area contributed by atoms with E-state index in [4.69, 9.17) is 9.47 Å². The number of cyclic esters (lactones) is 1. The van der Waals surface area contributed by atoms with Crippen molar-refractivity contribution in [3.8, 4) is 0 Å². The molecule has 2 atom stereocenters. The molecule has 0 N–H and O–H groups in total. The second-order valence-electron chi connectivity index (χ2n) is 5.24. The average molecular weight is 275 g/mol. The second kappa shape index (κ2) is 4.81. The molecule has 1 aromatic carbocycles. The van der Waals surface area contributed by atoms with Gasteiger partial charge >= 0.3 is 12.1 Å². The Morgan fingerprint density at radius 1 is 1.45 bits per heavy atom. The summed E-state index contributed by atoms with van der Waals surface area (Å²) in [5.41, 5.74) is 0.372. The van der Waals surface area contributed by atoms with Crippen LogP contribution < -0.4 is 0 Å². The van der Waals surface area contributed by atoms with Crippen LogP contribution >= 0.6 is 0 Å². The minimum absolute atomic E-state index is 0.163. The predicted octanol–water partition coefficient (Wildman–Crippen LogP) is 1.76. The minimum Gasteiger partial charge on any atom is -0.460 e. The highest BCUT2D eigenvalue weighted by Gasteiger charge is 2.67. The summed E-state index contributed by atoms with van der Waals surface area (Å²) in [5, 5.41) is 0. The number of esters is 1. The van der Waals surface area contributed by atoms with Crippen LogP contribution in [-0.2, 0) is 20.7 Å². The summed E-state index contributed by atoms with van der Waals surface area (Å²) >= 11 is 0. The van der Waals surface area contributed by atoms with Gasteiger partial charge in [-0.3, -0.25) is 4.90 Å². The predicted molar refractivity (Wildman–Crippen MR) is 71.1 cm³/mol. The minimum atomic E-state index is -0.758. The van der Waals surface area contributed by atoms with Gasteiger partial charge < -0.3 is 9.47 Å². The zero-order valence-corrected chi connectivity index (χ0v) is 11.4. The summed E-state index contributed by atoms with van der Waals surface area (Å²) in [5.74, 6) is -0.300. The molecule has 20 heavy (non-hydrogen) atoms. The molecule has 0 aromatic heterocycles. The van der Waals surface area contributed by atoms with Crippen molar-refractivity contribution in [2.45, 2.75) is 31.4 Å². The fraction of sp³-hybridized carbons (Fsp3) is 0.467. The SMILES string of the molecule is CCOC(=O)N1C[C@]12C[C@H](Cc1ccccc1)OC2=O. The summed E-state index contributed by atoms with van der Waals surface area (Å²) in [7, 11) is 0. The first-order valence-electron chi connectivity index (χ1n) is 6.85. The number of benzene rings is 1. The van der Waals surface area contributed by atoms with Crippen molar-refractivity contribution >= 4 is 12.1 Å². The van der Waals surface area contributed by atoms with Gasteiger partial charge in [0.05, 0.1) is 13.2 Å². The molecule has 0 saturated carbocycles. The molecule has 2 fully saturated rings. The maximum absolute atomic E-state index is 12.0. The first-order valence-corrected chi connectivity index (χ1v) is 6.85. The van der Waals surface area contributed by atoms with Crippen molar-refractivity contribution in [3.63, 3.8) is 0 Å². The fourth-order valence-corrected chi connectivity index (χ4v) is 2.77. The van der Waals surface area contributed by atoms with Crippen LogP contribution in [-0.4, -0.2) is 41.8 Å². The Bertz CT molecular complexity index is 530. The molecule has 2 saturated heterocycles. The smallest absolute Gasteiger partial charge is 0.410 e. The first-order chi connectivity index (χ1) is 9.65. The highest BCUT2D eigenvalue weighted by atomic mass is 16.6. The molecule has 0 aliphatic carbocycles. The Labute approximate surface area is 117 Å². The van der Waals surface area contributed by atoms with Gasteiger partial charge in [-0.05, 0) is 12.5 Å². The standard InChI is InChI=1S/C15H17NO4/c1-2-19-14(18)16-10-15(16)9-12(20-13(15)17)8-11-6-4-3-5-7-11/h3-7,12H,2,8-10H2,1H3/t12-,15-,16?/m0/s1. The third kappa shape index (κ3) is 2.13. The summed E-state index contributed by atoms with van der Waals surface area (Å²) in [4.78, 5) is 25.1. The van der Waals surface area contributed by atoms with E-state index >= 15 is 0 Å². The number of hydrogen-bond acceptors (Lipinski definition) is 4. The molecule has 1 aromatic rings. The molecule has 2 heterocycles. The zero-order chi connectivity index (χ0) is 14.2. The molecule has 0 unspecified atom stereocenters. The average Bonchev–Trinajstić information content (AvgIpc) is 3.07. The summed E-state index contributed by atoms with van der Waals surface area (Å²) < 4.78 is 10.3. The topological polar surface area (TPSA) is 55.6 Å². The number of amides is 1. The third-order valence-electron chi connectivity index (χ3n) is 3.85. The quantitative estimate of drug-likeness (QED) is 0.623. The van der Waals surface area contributed by atoms with Crippen LogP contribution in [0.4, 0.5) is 4.79 Å². The number of carbonyl (C=O) groups excluding carboxylic acids is 2. The van der Waals surface area contributed by atoms with Crippen molar-refractivity contribution in [1.29, 1.82) is 0 Å². The Hall–Kier alpha value is -2.04. The lowest BCUT2D eigenvalue weighted by molar-refractivity contribution is -0.143.